The van der Waals surface area contributed by atoms with Gasteiger partial charge in [-0.15, -0.1) is 11.6 Å². The minimum absolute atomic E-state index is 0.0507. The Kier molecular flexibility index (Phi) is 9.98. The molecule has 1 rings (SSSR count). The van der Waals surface area contributed by atoms with Gasteiger partial charge < -0.3 is 4.74 Å². The molecule has 0 saturated carbocycles. The van der Waals surface area contributed by atoms with Gasteiger partial charge in [0.2, 0.25) is 0 Å². The van der Waals surface area contributed by atoms with E-state index in [4.69, 9.17) is 16.3 Å². The van der Waals surface area contributed by atoms with Crippen molar-refractivity contribution >= 4 is 17.4 Å². The molecule has 1 unspecified atom stereocenters. The van der Waals surface area contributed by atoms with Crippen molar-refractivity contribution in [1.82, 2.24) is 0 Å². The lowest BCUT2D eigenvalue weighted by atomic mass is 10.0. The Morgan fingerprint density at radius 3 is 2.23 bits per heavy atom. The minimum Gasteiger partial charge on any atom is -0.497 e. The zero-order valence-corrected chi connectivity index (χ0v) is 14.7. The van der Waals surface area contributed by atoms with Gasteiger partial charge in [-0.2, -0.15) is 0 Å². The fraction of sp³-hybridized carbons (Fsp3) is 0.632. The Balaban J connectivity index is 2.18. The standard InChI is InChI=1S/C19H29ClO2/c1-3-4-5-6-7-8-9-10-17(20)15-19(21)16-11-13-18(22-2)14-12-16/h11-14,17H,3-10,15H2,1-2H3. The van der Waals surface area contributed by atoms with Crippen LogP contribution in [0.25, 0.3) is 0 Å². The van der Waals surface area contributed by atoms with Crippen LogP contribution in [-0.2, 0) is 0 Å². The van der Waals surface area contributed by atoms with Crippen molar-refractivity contribution in [3.05, 3.63) is 29.8 Å². The number of alkyl halides is 1. The van der Waals surface area contributed by atoms with Crippen LogP contribution in [0, 0.1) is 0 Å². The fourth-order valence-electron chi connectivity index (χ4n) is 2.52. The molecular weight excluding hydrogens is 296 g/mol. The molecule has 22 heavy (non-hydrogen) atoms. The van der Waals surface area contributed by atoms with E-state index in [1.54, 1.807) is 19.2 Å². The van der Waals surface area contributed by atoms with Gasteiger partial charge in [0, 0.05) is 17.4 Å². The number of carbonyl (C=O) groups is 1. The molecule has 3 heteroatoms. The Labute approximate surface area is 140 Å². The molecule has 2 nitrogen and oxygen atoms in total. The van der Waals surface area contributed by atoms with Crippen LogP contribution in [0.3, 0.4) is 0 Å². The summed E-state index contributed by atoms with van der Waals surface area (Å²) in [4.78, 5) is 12.1. The minimum atomic E-state index is -0.0507. The maximum absolute atomic E-state index is 12.1. The first kappa shape index (κ1) is 19.0. The van der Waals surface area contributed by atoms with Crippen molar-refractivity contribution in [2.45, 2.75) is 70.1 Å². The summed E-state index contributed by atoms with van der Waals surface area (Å²) in [5, 5.41) is -0.0507. The van der Waals surface area contributed by atoms with Crippen LogP contribution >= 0.6 is 11.6 Å². The highest BCUT2D eigenvalue weighted by Gasteiger charge is 2.12. The van der Waals surface area contributed by atoms with Crippen molar-refractivity contribution in [3.8, 4) is 5.75 Å². The summed E-state index contributed by atoms with van der Waals surface area (Å²) in [6.07, 6.45) is 10.3. The number of carbonyl (C=O) groups excluding carboxylic acids is 1. The summed E-state index contributed by atoms with van der Waals surface area (Å²) < 4.78 is 5.09. The normalized spacial score (nSPS) is 12.1. The van der Waals surface area contributed by atoms with Gasteiger partial charge in [0.05, 0.1) is 7.11 Å². The number of ether oxygens (including phenoxy) is 1. The average Bonchev–Trinajstić information content (AvgIpc) is 2.54. The maximum Gasteiger partial charge on any atom is 0.164 e. The molecule has 0 N–H and O–H groups in total. The zero-order valence-electron chi connectivity index (χ0n) is 13.9. The molecule has 0 saturated heterocycles. The van der Waals surface area contributed by atoms with E-state index in [-0.39, 0.29) is 11.2 Å². The third kappa shape index (κ3) is 7.84. The summed E-state index contributed by atoms with van der Waals surface area (Å²) in [6, 6.07) is 7.23. The second kappa shape index (κ2) is 11.5. The van der Waals surface area contributed by atoms with Crippen LogP contribution in [0.4, 0.5) is 0 Å². The lowest BCUT2D eigenvalue weighted by Crippen LogP contribution is -2.08. The first-order valence-electron chi connectivity index (χ1n) is 8.48. The van der Waals surface area contributed by atoms with E-state index in [1.165, 1.54) is 38.5 Å². The van der Waals surface area contributed by atoms with Crippen molar-refractivity contribution in [2.24, 2.45) is 0 Å². The Morgan fingerprint density at radius 1 is 1.05 bits per heavy atom. The van der Waals surface area contributed by atoms with Crippen LogP contribution in [0.2, 0.25) is 0 Å². The number of hydrogen-bond donors (Lipinski definition) is 0. The smallest absolute Gasteiger partial charge is 0.164 e. The van der Waals surface area contributed by atoms with Gasteiger partial charge in [0.1, 0.15) is 5.75 Å². The third-order valence-corrected chi connectivity index (χ3v) is 4.31. The lowest BCUT2D eigenvalue weighted by Gasteiger charge is -2.09. The van der Waals surface area contributed by atoms with Gasteiger partial charge in [0.25, 0.3) is 0 Å². The number of halogens is 1. The number of benzene rings is 1. The monoisotopic (exact) mass is 324 g/mol. The van der Waals surface area contributed by atoms with Gasteiger partial charge >= 0.3 is 0 Å². The van der Waals surface area contributed by atoms with Gasteiger partial charge in [0.15, 0.2) is 5.78 Å². The van der Waals surface area contributed by atoms with Gasteiger partial charge in [-0.3, -0.25) is 4.79 Å². The van der Waals surface area contributed by atoms with E-state index in [0.29, 0.717) is 12.0 Å². The van der Waals surface area contributed by atoms with Crippen LogP contribution in [0.15, 0.2) is 24.3 Å². The summed E-state index contributed by atoms with van der Waals surface area (Å²) >= 11 is 6.30. The van der Waals surface area contributed by atoms with Crippen molar-refractivity contribution < 1.29 is 9.53 Å². The van der Waals surface area contributed by atoms with Crippen LogP contribution in [0.1, 0.15) is 75.1 Å². The molecule has 0 heterocycles. The number of unbranched alkanes of at least 4 members (excludes halogenated alkanes) is 6. The highest BCUT2D eigenvalue weighted by molar-refractivity contribution is 6.22. The number of Topliss-reactive ketones (excluding diaryl/α,β-unsaturated/α-hetero) is 1. The molecular formula is C19H29ClO2. The van der Waals surface area contributed by atoms with E-state index in [1.807, 2.05) is 12.1 Å². The zero-order chi connectivity index (χ0) is 16.2. The number of ketones is 1. The van der Waals surface area contributed by atoms with Gasteiger partial charge in [-0.05, 0) is 30.7 Å². The predicted molar refractivity (Wildman–Crippen MR) is 94.2 cm³/mol. The molecule has 1 aromatic rings. The lowest BCUT2D eigenvalue weighted by molar-refractivity contribution is 0.0980. The molecule has 124 valence electrons. The summed E-state index contributed by atoms with van der Waals surface area (Å²) in [7, 11) is 1.62. The predicted octanol–water partition coefficient (Wildman–Crippen LogP) is 6.02. The molecule has 0 amide bonds. The summed E-state index contributed by atoms with van der Waals surface area (Å²) in [5.41, 5.74) is 0.714. The molecule has 0 aliphatic heterocycles. The van der Waals surface area contributed by atoms with Gasteiger partial charge in [-0.25, -0.2) is 0 Å². The SMILES string of the molecule is CCCCCCCCCC(Cl)CC(=O)c1ccc(OC)cc1. The summed E-state index contributed by atoms with van der Waals surface area (Å²) in [6.45, 7) is 2.23. The molecule has 0 radical (unpaired) electrons. The molecule has 0 bridgehead atoms. The van der Waals surface area contributed by atoms with Gasteiger partial charge in [-0.1, -0.05) is 51.9 Å². The topological polar surface area (TPSA) is 26.3 Å². The summed E-state index contributed by atoms with van der Waals surface area (Å²) in [5.74, 6) is 0.882. The van der Waals surface area contributed by atoms with E-state index in [9.17, 15) is 4.79 Å². The highest BCUT2D eigenvalue weighted by atomic mass is 35.5. The molecule has 0 aromatic heterocycles. The Bertz CT molecular complexity index is 414. The highest BCUT2D eigenvalue weighted by Crippen LogP contribution is 2.18. The van der Waals surface area contributed by atoms with Crippen LogP contribution < -0.4 is 4.74 Å². The van der Waals surface area contributed by atoms with Crippen molar-refractivity contribution in [1.29, 1.82) is 0 Å². The molecule has 0 aliphatic rings. The second-order valence-corrected chi connectivity index (χ2v) is 6.48. The Morgan fingerprint density at radius 2 is 1.64 bits per heavy atom. The largest absolute Gasteiger partial charge is 0.497 e. The van der Waals surface area contributed by atoms with E-state index in [2.05, 4.69) is 6.92 Å². The van der Waals surface area contributed by atoms with E-state index >= 15 is 0 Å². The molecule has 0 spiro atoms. The van der Waals surface area contributed by atoms with Crippen LogP contribution in [0.5, 0.6) is 5.75 Å². The maximum atomic E-state index is 12.1. The van der Waals surface area contributed by atoms with E-state index in [0.717, 1.165) is 18.6 Å². The number of rotatable bonds is 12. The number of hydrogen-bond acceptors (Lipinski definition) is 2. The molecule has 1 atom stereocenters. The Hall–Kier alpha value is -1.02. The number of methoxy groups -OCH3 is 1. The molecule has 1 aromatic carbocycles. The average molecular weight is 325 g/mol. The molecule has 0 aliphatic carbocycles. The first-order valence-corrected chi connectivity index (χ1v) is 8.92. The third-order valence-electron chi connectivity index (χ3n) is 3.94. The molecule has 0 fully saturated rings. The first-order chi connectivity index (χ1) is 10.7. The van der Waals surface area contributed by atoms with Crippen molar-refractivity contribution in [3.63, 3.8) is 0 Å². The fourth-order valence-corrected chi connectivity index (χ4v) is 2.82. The van der Waals surface area contributed by atoms with E-state index < -0.39 is 0 Å². The second-order valence-electron chi connectivity index (χ2n) is 5.86. The quantitative estimate of drug-likeness (QED) is 0.267. The van der Waals surface area contributed by atoms with Crippen molar-refractivity contribution in [2.75, 3.05) is 7.11 Å². The van der Waals surface area contributed by atoms with Crippen LogP contribution in [-0.4, -0.2) is 18.3 Å².